The van der Waals surface area contributed by atoms with Crippen LogP contribution in [0.5, 0.6) is 0 Å². The van der Waals surface area contributed by atoms with E-state index in [9.17, 15) is 22.4 Å². The van der Waals surface area contributed by atoms with Gasteiger partial charge in [0, 0.05) is 17.0 Å². The number of hydrogen-bond donors (Lipinski definition) is 1. The van der Waals surface area contributed by atoms with Crippen LogP contribution in [0, 0.1) is 17.7 Å². The van der Waals surface area contributed by atoms with Crippen LogP contribution in [-0.4, -0.2) is 23.6 Å². The molecular weight excluding hydrogens is 437 g/mol. The predicted octanol–water partition coefficient (Wildman–Crippen LogP) is 4.15. The minimum atomic E-state index is -4.24. The summed E-state index contributed by atoms with van der Waals surface area (Å²) in [4.78, 5) is 24.0. The van der Waals surface area contributed by atoms with Crippen molar-refractivity contribution in [2.45, 2.75) is 28.2 Å². The molecule has 0 aromatic heterocycles. The summed E-state index contributed by atoms with van der Waals surface area (Å²) < 4.78 is 37.5. The third-order valence-corrected chi connectivity index (χ3v) is 8.58. The van der Waals surface area contributed by atoms with E-state index < -0.39 is 30.9 Å². The summed E-state index contributed by atoms with van der Waals surface area (Å²) in [5, 5.41) is 1.92. The first-order valence-electron chi connectivity index (χ1n) is 8.54. The van der Waals surface area contributed by atoms with Crippen molar-refractivity contribution in [2.24, 2.45) is 0 Å². The van der Waals surface area contributed by atoms with Crippen LogP contribution in [0.4, 0.5) is 9.18 Å². The van der Waals surface area contributed by atoms with Gasteiger partial charge in [-0.15, -0.1) is 0 Å². The first-order chi connectivity index (χ1) is 13.7. The molecule has 0 spiro atoms. The van der Waals surface area contributed by atoms with Crippen LogP contribution in [0.1, 0.15) is 24.8 Å². The second-order valence-electron chi connectivity index (χ2n) is 6.22. The lowest BCUT2D eigenvalue weighted by molar-refractivity contribution is -0.120. The summed E-state index contributed by atoms with van der Waals surface area (Å²) in [5.41, 5.74) is 0.756. The Morgan fingerprint density at radius 1 is 1.07 bits per heavy atom. The minimum Gasteiger partial charge on any atom is -0.285 e. The molecule has 2 amide bonds. The molecule has 29 heavy (non-hydrogen) atoms. The molecule has 1 aliphatic heterocycles. The number of hydrogen-bond acceptors (Lipinski definition) is 5. The smallest absolute Gasteiger partial charge is 0.285 e. The highest BCUT2D eigenvalue weighted by Crippen LogP contribution is 2.44. The number of carbonyl (C=O) groups excluding carboxylic acids is 2. The molecule has 9 heteroatoms. The van der Waals surface area contributed by atoms with Gasteiger partial charge in [-0.25, -0.2) is 12.8 Å². The monoisotopic (exact) mass is 451 g/mol. The van der Waals surface area contributed by atoms with E-state index in [1.165, 1.54) is 0 Å². The van der Waals surface area contributed by atoms with Gasteiger partial charge in [0.15, 0.2) is 0 Å². The number of carbonyl (C=O) groups is 2. The average Bonchev–Trinajstić information content (AvgIpc) is 2.98. The largest absolute Gasteiger partial charge is 0.287 e. The van der Waals surface area contributed by atoms with Crippen LogP contribution in [0.3, 0.4) is 0 Å². The van der Waals surface area contributed by atoms with Crippen LogP contribution in [0.15, 0.2) is 53.4 Å². The number of unbranched alkanes of at least 4 members (excludes halogenated alkanes) is 1. The van der Waals surface area contributed by atoms with Gasteiger partial charge in [0.2, 0.25) is 13.9 Å². The first-order valence-corrected chi connectivity index (χ1v) is 11.2. The molecule has 0 bridgehead atoms. The molecule has 150 valence electrons. The Morgan fingerprint density at radius 3 is 2.31 bits per heavy atom. The zero-order chi connectivity index (χ0) is 21.1. The molecule has 5 nitrogen and oxygen atoms in total. The quantitative estimate of drug-likeness (QED) is 0.419. The Hall–Kier alpha value is -2.34. The molecular formula is C20H15ClFNO4S2. The summed E-state index contributed by atoms with van der Waals surface area (Å²) in [6.45, 7) is 0. The second kappa shape index (κ2) is 8.57. The maximum absolute atomic E-state index is 13.2. The normalized spacial score (nSPS) is 18.8. The van der Waals surface area contributed by atoms with Crippen molar-refractivity contribution >= 4 is 44.3 Å². The van der Waals surface area contributed by atoms with Crippen LogP contribution in [0.2, 0.25) is 5.02 Å². The standard InChI is InChI=1S/C20H15ClFNO4S2/c21-15-7-5-14(6-8-15)4-2-1-3-13-20(18(24)23-19(25)28-20)29(26,27)17-11-9-16(22)10-12-17/h5-12H,1,3,13H2,(H,23,24,25). The van der Waals surface area contributed by atoms with Crippen molar-refractivity contribution < 1.29 is 22.4 Å². The lowest BCUT2D eigenvalue weighted by Gasteiger charge is -2.24. The number of nitrogens with one attached hydrogen (secondary N) is 1. The van der Waals surface area contributed by atoms with E-state index >= 15 is 0 Å². The zero-order valence-electron chi connectivity index (χ0n) is 14.9. The predicted molar refractivity (Wildman–Crippen MR) is 110 cm³/mol. The number of halogens is 2. The van der Waals surface area contributed by atoms with Crippen LogP contribution < -0.4 is 5.32 Å². The van der Waals surface area contributed by atoms with Crippen LogP contribution in [-0.2, 0) is 14.6 Å². The molecule has 1 atom stereocenters. The van der Waals surface area contributed by atoms with E-state index in [1.54, 1.807) is 24.3 Å². The van der Waals surface area contributed by atoms with Gasteiger partial charge in [-0.3, -0.25) is 14.9 Å². The minimum absolute atomic E-state index is 0.107. The Morgan fingerprint density at radius 2 is 1.72 bits per heavy atom. The molecule has 1 unspecified atom stereocenters. The number of sulfone groups is 1. The number of thioether (sulfide) groups is 1. The van der Waals surface area contributed by atoms with Gasteiger partial charge in [-0.1, -0.05) is 23.4 Å². The van der Waals surface area contributed by atoms with Crippen molar-refractivity contribution in [1.29, 1.82) is 0 Å². The van der Waals surface area contributed by atoms with Crippen LogP contribution in [0.25, 0.3) is 0 Å². The molecule has 1 heterocycles. The molecule has 2 aromatic carbocycles. The maximum atomic E-state index is 13.2. The third kappa shape index (κ3) is 4.47. The van der Waals surface area contributed by atoms with Crippen molar-refractivity contribution in [2.75, 3.05) is 0 Å². The number of amides is 2. The summed E-state index contributed by atoms with van der Waals surface area (Å²) in [6, 6.07) is 11.1. The van der Waals surface area contributed by atoms with Gasteiger partial charge >= 0.3 is 0 Å². The van der Waals surface area contributed by atoms with Crippen LogP contribution >= 0.6 is 23.4 Å². The molecule has 0 aliphatic carbocycles. The SMILES string of the molecule is O=C1NC(=O)C(CCCC#Cc2ccc(Cl)cc2)(S(=O)(=O)c2ccc(F)cc2)S1. The molecule has 0 saturated carbocycles. The fraction of sp³-hybridized carbons (Fsp3) is 0.200. The van der Waals surface area contributed by atoms with Gasteiger partial charge in [-0.2, -0.15) is 0 Å². The summed E-state index contributed by atoms with van der Waals surface area (Å²) in [7, 11) is -4.24. The van der Waals surface area contributed by atoms with Crippen molar-refractivity contribution in [3.8, 4) is 11.8 Å². The van der Waals surface area contributed by atoms with E-state index in [0.717, 1.165) is 29.8 Å². The van der Waals surface area contributed by atoms with E-state index in [0.29, 0.717) is 23.2 Å². The van der Waals surface area contributed by atoms with Crippen molar-refractivity contribution in [3.63, 3.8) is 0 Å². The van der Waals surface area contributed by atoms with Crippen molar-refractivity contribution in [3.05, 3.63) is 64.9 Å². The fourth-order valence-corrected chi connectivity index (χ4v) is 6.29. The maximum Gasteiger partial charge on any atom is 0.287 e. The second-order valence-corrected chi connectivity index (χ2v) is 10.4. The first kappa shape index (κ1) is 21.4. The molecule has 0 radical (unpaired) electrons. The average molecular weight is 452 g/mol. The highest BCUT2D eigenvalue weighted by molar-refractivity contribution is 8.25. The Labute approximate surface area is 176 Å². The molecule has 3 rings (SSSR count). The zero-order valence-corrected chi connectivity index (χ0v) is 17.3. The lowest BCUT2D eigenvalue weighted by Crippen LogP contribution is -2.43. The van der Waals surface area contributed by atoms with Gasteiger partial charge in [-0.05, 0) is 73.1 Å². The number of benzene rings is 2. The molecule has 1 aliphatic rings. The highest BCUT2D eigenvalue weighted by Gasteiger charge is 2.57. The summed E-state index contributed by atoms with van der Waals surface area (Å²) in [6.07, 6.45) is 0.490. The van der Waals surface area contributed by atoms with E-state index in [4.69, 9.17) is 11.6 Å². The Kier molecular flexibility index (Phi) is 6.32. The molecule has 1 saturated heterocycles. The topological polar surface area (TPSA) is 80.3 Å². The molecule has 2 aromatic rings. The number of rotatable bonds is 5. The van der Waals surface area contributed by atoms with E-state index in [1.807, 2.05) is 0 Å². The Bertz CT molecular complexity index is 1110. The fourth-order valence-electron chi connectivity index (χ4n) is 2.80. The highest BCUT2D eigenvalue weighted by atomic mass is 35.5. The third-order valence-electron chi connectivity index (χ3n) is 4.26. The Balaban J connectivity index is 1.79. The number of imide groups is 1. The van der Waals surface area contributed by atoms with Gasteiger partial charge in [0.25, 0.3) is 11.1 Å². The molecule has 1 N–H and O–H groups in total. The summed E-state index contributed by atoms with van der Waals surface area (Å²) in [5.74, 6) is 4.37. The van der Waals surface area contributed by atoms with E-state index in [-0.39, 0.29) is 17.7 Å². The molecule has 1 fully saturated rings. The summed E-state index contributed by atoms with van der Waals surface area (Å²) >= 11 is 6.26. The lowest BCUT2D eigenvalue weighted by atomic mass is 10.1. The van der Waals surface area contributed by atoms with Gasteiger partial charge in [0.1, 0.15) is 5.82 Å². The van der Waals surface area contributed by atoms with Crippen molar-refractivity contribution in [1.82, 2.24) is 5.32 Å². The van der Waals surface area contributed by atoms with Gasteiger partial charge < -0.3 is 0 Å². The van der Waals surface area contributed by atoms with E-state index in [2.05, 4.69) is 17.2 Å². The van der Waals surface area contributed by atoms with Gasteiger partial charge in [0.05, 0.1) is 4.90 Å².